The van der Waals surface area contributed by atoms with Crippen molar-refractivity contribution in [2.24, 2.45) is 17.6 Å². The summed E-state index contributed by atoms with van der Waals surface area (Å²) >= 11 is 0. The van der Waals surface area contributed by atoms with Gasteiger partial charge in [-0.3, -0.25) is 14.4 Å². The Labute approximate surface area is 365 Å². The lowest BCUT2D eigenvalue weighted by atomic mass is 9.88. The number of halogens is 3. The normalized spacial score (nSPS) is 19.8. The van der Waals surface area contributed by atoms with E-state index in [2.05, 4.69) is 15.0 Å². The monoisotopic (exact) mass is 909 g/mol. The lowest BCUT2D eigenvalue weighted by molar-refractivity contribution is -0.244. The first-order chi connectivity index (χ1) is 29.6. The van der Waals surface area contributed by atoms with E-state index in [1.165, 1.54) is 18.2 Å². The van der Waals surface area contributed by atoms with Crippen LogP contribution in [0.15, 0.2) is 47.7 Å². The number of rotatable bonds is 21. The van der Waals surface area contributed by atoms with Crippen LogP contribution in [0, 0.1) is 11.8 Å². The molecule has 0 unspecified atom stereocenters. The maximum atomic E-state index is 14.5. The molecule has 4 N–H and O–H groups in total. The van der Waals surface area contributed by atoms with Gasteiger partial charge in [0.25, 0.3) is 5.91 Å². The summed E-state index contributed by atoms with van der Waals surface area (Å²) in [6.07, 6.45) is 2.25. The number of nitrogens with one attached hydrogen (secondary N) is 2. The highest BCUT2D eigenvalue weighted by Gasteiger charge is 2.52. The van der Waals surface area contributed by atoms with Crippen molar-refractivity contribution in [2.75, 3.05) is 34.0 Å². The molecule has 0 spiro atoms. The quantitative estimate of drug-likeness (QED) is 0.130. The summed E-state index contributed by atoms with van der Waals surface area (Å²) in [5.41, 5.74) is 4.13. The van der Waals surface area contributed by atoms with E-state index in [0.29, 0.717) is 99.7 Å². The number of primary amides is 1. The van der Waals surface area contributed by atoms with Crippen LogP contribution in [0.2, 0.25) is 0 Å². The van der Waals surface area contributed by atoms with Gasteiger partial charge in [0, 0.05) is 29.9 Å². The molecule has 5 rings (SSSR count). The molecule has 63 heavy (non-hydrogen) atoms. The number of carbonyl (C=O) groups is 4. The number of hydrogen-bond acceptors (Lipinski definition) is 12. The van der Waals surface area contributed by atoms with Crippen LogP contribution in [-0.2, 0) is 33.9 Å². The van der Waals surface area contributed by atoms with E-state index in [0.717, 1.165) is 5.57 Å². The van der Waals surface area contributed by atoms with E-state index in [1.54, 1.807) is 32.2 Å². The molecule has 4 amide bonds. The van der Waals surface area contributed by atoms with Gasteiger partial charge in [-0.05, 0) is 101 Å². The highest BCUT2D eigenvalue weighted by molar-refractivity contribution is 7.91. The zero-order valence-electron chi connectivity index (χ0n) is 36.4. The first-order valence-electron chi connectivity index (χ1n) is 21.0. The fourth-order valence-electron chi connectivity index (χ4n) is 7.72. The number of fused-ring (bicyclic) bond motifs is 1. The van der Waals surface area contributed by atoms with E-state index < -0.39 is 75.0 Å². The van der Waals surface area contributed by atoms with Crippen LogP contribution < -0.4 is 30.0 Å². The number of likely N-dealkylation sites (tertiary alicyclic amines) is 1. The van der Waals surface area contributed by atoms with Gasteiger partial charge in [-0.2, -0.15) is 13.2 Å². The standard InChI is InChI=1S/C43H58F3N5O11S/c1-25(10-7-8-11-27-12-9-13-31(27)38(53)50-63(56,57)30-15-16-30)20-26(2)36(49-41(55)62-42(3,4)43(44,45)46)40(54)51-24-29(22-34(51)37(47)52)61-39-32-17-14-28(59-6)21-33(32)35(23-48-39)60-19-18-58-5/h8,11,14,17,21,23,25-26,29-30,34,36H,7,9-10,12-13,15-16,18-20,22,24H2,1-6H3,(H2,47,52)(H,49,55)(H,50,53)/b11-8-/t25-,26+,29+,34-,36-/m0/s1. The molecule has 2 heterocycles. The van der Waals surface area contributed by atoms with Crippen LogP contribution in [0.4, 0.5) is 18.0 Å². The third kappa shape index (κ3) is 12.5. The van der Waals surface area contributed by atoms with Crippen molar-refractivity contribution >= 4 is 44.6 Å². The summed E-state index contributed by atoms with van der Waals surface area (Å²) in [6, 6.07) is 2.54. The summed E-state index contributed by atoms with van der Waals surface area (Å²) in [7, 11) is -0.626. The molecule has 2 aliphatic carbocycles. The highest BCUT2D eigenvalue weighted by Crippen LogP contribution is 2.37. The number of aromatic nitrogens is 1. The van der Waals surface area contributed by atoms with Crippen LogP contribution in [0.3, 0.4) is 0 Å². The third-order valence-corrected chi connectivity index (χ3v) is 13.3. The molecule has 0 bridgehead atoms. The lowest BCUT2D eigenvalue weighted by Gasteiger charge is -2.33. The van der Waals surface area contributed by atoms with Crippen molar-refractivity contribution in [3.63, 3.8) is 0 Å². The molecule has 20 heteroatoms. The SMILES string of the molecule is COCCOc1cnc(O[C@@H]2C[C@@H](C(N)=O)N(C(=O)[C@@H](NC(=O)OC(C)(C)C(F)(F)F)[C@H](C)C[C@@H](C)CC/C=C\C3=C(C(=O)NS(=O)(=O)C4CC4)CCC3)C2)c2ccc(OC)cc12. The van der Waals surface area contributed by atoms with Gasteiger partial charge in [0.15, 0.2) is 0 Å². The van der Waals surface area contributed by atoms with Crippen molar-refractivity contribution in [1.29, 1.82) is 0 Å². The minimum absolute atomic E-state index is 0.0436. The third-order valence-electron chi connectivity index (χ3n) is 11.5. The predicted molar refractivity (Wildman–Crippen MR) is 225 cm³/mol. The summed E-state index contributed by atoms with van der Waals surface area (Å²) < 4.78 is 95.5. The number of ether oxygens (including phenoxy) is 5. The molecule has 1 saturated carbocycles. The molecule has 348 valence electrons. The number of alkyl halides is 3. The number of alkyl carbamates (subject to hydrolysis) is 1. The van der Waals surface area contributed by atoms with Crippen LogP contribution in [0.5, 0.6) is 17.4 Å². The topological polar surface area (TPSA) is 215 Å². The number of pyridine rings is 1. The molecule has 3 aliphatic rings. The Balaban J connectivity index is 1.31. The maximum Gasteiger partial charge on any atom is 0.427 e. The first-order valence-corrected chi connectivity index (χ1v) is 22.6. The molecule has 1 aliphatic heterocycles. The molecule has 5 atom stereocenters. The van der Waals surface area contributed by atoms with Gasteiger partial charge in [-0.15, -0.1) is 0 Å². The van der Waals surface area contributed by atoms with Crippen LogP contribution in [0.1, 0.15) is 85.5 Å². The van der Waals surface area contributed by atoms with E-state index in [4.69, 9.17) is 29.4 Å². The summed E-state index contributed by atoms with van der Waals surface area (Å²) in [6.45, 7) is 5.35. The highest BCUT2D eigenvalue weighted by atomic mass is 32.2. The Bertz CT molecular complexity index is 2180. The number of hydrogen-bond donors (Lipinski definition) is 3. The van der Waals surface area contributed by atoms with Crippen molar-refractivity contribution in [3.8, 4) is 17.4 Å². The van der Waals surface area contributed by atoms with Crippen molar-refractivity contribution in [2.45, 2.75) is 121 Å². The molecule has 0 radical (unpaired) electrons. The van der Waals surface area contributed by atoms with Gasteiger partial charge < -0.3 is 39.6 Å². The number of nitrogens with two attached hydrogens (primary N) is 1. The van der Waals surface area contributed by atoms with Crippen molar-refractivity contribution in [3.05, 3.63) is 47.7 Å². The Morgan fingerprint density at radius 3 is 2.44 bits per heavy atom. The van der Waals surface area contributed by atoms with E-state index >= 15 is 0 Å². The minimum Gasteiger partial charge on any atom is -0.497 e. The van der Waals surface area contributed by atoms with E-state index in [9.17, 15) is 40.8 Å². The minimum atomic E-state index is -4.92. The molecular formula is C43H58F3N5O11S. The second-order valence-electron chi connectivity index (χ2n) is 16.9. The fourth-order valence-corrected chi connectivity index (χ4v) is 9.03. The second-order valence-corrected chi connectivity index (χ2v) is 18.9. The van der Waals surface area contributed by atoms with Gasteiger partial charge in [-0.1, -0.05) is 26.0 Å². The Hall–Kier alpha value is -5.11. The number of sulfonamides is 1. The average Bonchev–Trinajstić information content (AvgIpc) is 3.84. The molecule has 2 aromatic rings. The fraction of sp³-hybridized carbons (Fsp3) is 0.605. The van der Waals surface area contributed by atoms with Crippen LogP contribution in [-0.4, -0.2) is 111 Å². The van der Waals surface area contributed by atoms with Crippen LogP contribution >= 0.6 is 0 Å². The summed E-state index contributed by atoms with van der Waals surface area (Å²) in [5, 5.41) is 3.00. The van der Waals surface area contributed by atoms with Gasteiger partial charge >= 0.3 is 12.3 Å². The van der Waals surface area contributed by atoms with Crippen LogP contribution in [0.25, 0.3) is 10.8 Å². The predicted octanol–water partition coefficient (Wildman–Crippen LogP) is 5.63. The number of benzene rings is 1. The molecular weight excluding hydrogens is 852 g/mol. The Morgan fingerprint density at radius 1 is 1.06 bits per heavy atom. The van der Waals surface area contributed by atoms with Gasteiger partial charge in [0.05, 0.1) is 31.7 Å². The Morgan fingerprint density at radius 2 is 1.79 bits per heavy atom. The average molecular weight is 910 g/mol. The van der Waals surface area contributed by atoms with Gasteiger partial charge in [0.2, 0.25) is 33.3 Å². The molecule has 1 saturated heterocycles. The number of carbonyl (C=O) groups excluding carboxylic acids is 4. The van der Waals surface area contributed by atoms with E-state index in [-0.39, 0.29) is 31.4 Å². The molecule has 1 aromatic carbocycles. The molecule has 16 nitrogen and oxygen atoms in total. The lowest BCUT2D eigenvalue weighted by Crippen LogP contribution is -2.56. The maximum absolute atomic E-state index is 14.5. The zero-order valence-corrected chi connectivity index (χ0v) is 37.2. The van der Waals surface area contributed by atoms with Crippen molar-refractivity contribution < 1.29 is 64.5 Å². The smallest absolute Gasteiger partial charge is 0.427 e. The summed E-state index contributed by atoms with van der Waals surface area (Å²) in [5.74, 6) is -1.84. The number of nitrogens with zero attached hydrogens (tertiary/aromatic N) is 2. The number of amides is 4. The van der Waals surface area contributed by atoms with Gasteiger partial charge in [-0.25, -0.2) is 22.9 Å². The molecule has 2 fully saturated rings. The largest absolute Gasteiger partial charge is 0.497 e. The molecule has 1 aromatic heterocycles. The number of methoxy groups -OCH3 is 2. The zero-order chi connectivity index (χ0) is 46.3. The first kappa shape index (κ1) is 48.9. The van der Waals surface area contributed by atoms with Gasteiger partial charge in [0.1, 0.15) is 36.3 Å². The summed E-state index contributed by atoms with van der Waals surface area (Å²) in [4.78, 5) is 58.9. The van der Waals surface area contributed by atoms with E-state index in [1.807, 2.05) is 19.1 Å². The Kier molecular flexibility index (Phi) is 16.0. The number of allylic oxidation sites excluding steroid dienone is 3. The van der Waals surface area contributed by atoms with Crippen molar-refractivity contribution in [1.82, 2.24) is 19.9 Å². The second kappa shape index (κ2) is 20.6.